The largest absolute Gasteiger partial charge is 0.444 e. The van der Waals surface area contributed by atoms with E-state index in [1.807, 2.05) is 36.4 Å². The van der Waals surface area contributed by atoms with Crippen molar-refractivity contribution < 1.29 is 22.8 Å². The molecule has 6 rings (SSSR count). The van der Waals surface area contributed by atoms with E-state index in [0.717, 1.165) is 24.8 Å². The Morgan fingerprint density at radius 3 is 2.61 bits per heavy atom. The van der Waals surface area contributed by atoms with Gasteiger partial charge in [0.2, 0.25) is 17.7 Å². The van der Waals surface area contributed by atoms with E-state index < -0.39 is 11.8 Å². The molecule has 8 heteroatoms. The smallest absolute Gasteiger partial charge is 0.248 e. The number of oxazole rings is 1. The number of nitrogens with zero attached hydrogens (tertiary/aromatic N) is 2. The molecule has 1 aromatic heterocycles. The monoisotopic (exact) mass is 519 g/mol. The van der Waals surface area contributed by atoms with E-state index in [0.29, 0.717) is 31.0 Å². The number of nitrogens with one attached hydrogen (secondary N) is 1. The molecule has 2 amide bonds. The molecule has 0 bridgehead atoms. The molecule has 2 unspecified atom stereocenters. The van der Waals surface area contributed by atoms with Crippen molar-refractivity contribution in [2.75, 3.05) is 18.4 Å². The first kappa shape index (κ1) is 24.8. The first-order valence-corrected chi connectivity index (χ1v) is 13.4. The summed E-state index contributed by atoms with van der Waals surface area (Å²) < 4.78 is 32.7. The highest BCUT2D eigenvalue weighted by molar-refractivity contribution is 5.92. The molecule has 2 aromatic carbocycles. The lowest BCUT2D eigenvalue weighted by molar-refractivity contribution is -0.138. The van der Waals surface area contributed by atoms with Gasteiger partial charge in [0.25, 0.3) is 0 Å². The van der Waals surface area contributed by atoms with Gasteiger partial charge in [-0.15, -0.1) is 0 Å². The molecule has 1 aliphatic heterocycles. The van der Waals surface area contributed by atoms with E-state index in [-0.39, 0.29) is 42.4 Å². The number of fused-ring (bicyclic) bond motifs is 2. The number of anilines is 1. The van der Waals surface area contributed by atoms with E-state index in [4.69, 9.17) is 4.42 Å². The summed E-state index contributed by atoms with van der Waals surface area (Å²) in [4.78, 5) is 31.8. The summed E-state index contributed by atoms with van der Waals surface area (Å²) in [7, 11) is 0. The number of piperidine rings is 1. The third-order valence-electron chi connectivity index (χ3n) is 8.69. The normalized spacial score (nSPS) is 23.4. The number of rotatable bonds is 5. The summed E-state index contributed by atoms with van der Waals surface area (Å²) in [5, 5.41) is 3.04. The fourth-order valence-corrected chi connectivity index (χ4v) is 6.80. The summed E-state index contributed by atoms with van der Waals surface area (Å²) in [5.41, 5.74) is 3.92. The van der Waals surface area contributed by atoms with Crippen LogP contribution in [0.4, 0.5) is 14.5 Å². The maximum absolute atomic E-state index is 13.7. The topological polar surface area (TPSA) is 75.4 Å². The molecule has 1 saturated carbocycles. The van der Waals surface area contributed by atoms with Crippen molar-refractivity contribution in [3.63, 3.8) is 0 Å². The molecule has 1 N–H and O–H groups in total. The number of likely N-dealkylation sites (tertiary alicyclic amines) is 1. The fourth-order valence-electron chi connectivity index (χ4n) is 6.80. The van der Waals surface area contributed by atoms with Crippen LogP contribution in [0.25, 0.3) is 11.3 Å². The number of benzene rings is 2. The first-order chi connectivity index (χ1) is 18.3. The summed E-state index contributed by atoms with van der Waals surface area (Å²) in [6.45, 7) is 1.14. The average molecular weight is 520 g/mol. The van der Waals surface area contributed by atoms with Crippen molar-refractivity contribution in [1.29, 1.82) is 0 Å². The molecular formula is C30H31F2N3O3. The molecule has 3 aliphatic rings. The number of hydrogen-bond donors (Lipinski definition) is 1. The van der Waals surface area contributed by atoms with Crippen molar-refractivity contribution >= 4 is 17.5 Å². The Morgan fingerprint density at radius 2 is 1.87 bits per heavy atom. The second-order valence-electron chi connectivity index (χ2n) is 11.1. The van der Waals surface area contributed by atoms with Gasteiger partial charge in [-0.1, -0.05) is 36.4 Å². The predicted molar refractivity (Wildman–Crippen MR) is 139 cm³/mol. The fraction of sp³-hybridized carbons (Fsp3) is 0.433. The lowest BCUT2D eigenvalue weighted by Crippen LogP contribution is -2.46. The van der Waals surface area contributed by atoms with Gasteiger partial charge in [-0.05, 0) is 60.3 Å². The number of amides is 2. The molecule has 2 atom stereocenters. The molecule has 0 radical (unpaired) electrons. The van der Waals surface area contributed by atoms with Gasteiger partial charge in [0.15, 0.2) is 12.2 Å². The van der Waals surface area contributed by atoms with Crippen LogP contribution in [-0.2, 0) is 15.0 Å². The summed E-state index contributed by atoms with van der Waals surface area (Å²) in [5.74, 6) is -2.72. The quantitative estimate of drug-likeness (QED) is 0.439. The number of hydrogen-bond acceptors (Lipinski definition) is 4. The molecule has 1 spiro atoms. The lowest BCUT2D eigenvalue weighted by Gasteiger charge is -2.41. The van der Waals surface area contributed by atoms with Crippen LogP contribution in [0.1, 0.15) is 62.0 Å². The number of halogens is 2. The molecule has 198 valence electrons. The highest BCUT2D eigenvalue weighted by Gasteiger charge is 2.48. The zero-order chi connectivity index (χ0) is 26.3. The number of carbonyl (C=O) groups excluding carboxylic acids is 2. The molecule has 2 fully saturated rings. The van der Waals surface area contributed by atoms with Crippen molar-refractivity contribution in [1.82, 2.24) is 9.88 Å². The maximum Gasteiger partial charge on any atom is 0.248 e. The van der Waals surface area contributed by atoms with Crippen LogP contribution in [0.5, 0.6) is 0 Å². The van der Waals surface area contributed by atoms with Crippen LogP contribution < -0.4 is 5.32 Å². The van der Waals surface area contributed by atoms with Gasteiger partial charge in [-0.25, -0.2) is 13.8 Å². The molecule has 3 aromatic rings. The van der Waals surface area contributed by atoms with E-state index in [9.17, 15) is 18.4 Å². The van der Waals surface area contributed by atoms with Crippen molar-refractivity contribution in [2.24, 2.45) is 5.92 Å². The minimum atomic E-state index is -2.72. The van der Waals surface area contributed by atoms with Gasteiger partial charge in [-0.2, -0.15) is 0 Å². The van der Waals surface area contributed by atoms with Crippen LogP contribution in [0.2, 0.25) is 0 Å². The van der Waals surface area contributed by atoms with Crippen LogP contribution in [-0.4, -0.2) is 40.7 Å². The van der Waals surface area contributed by atoms with Crippen LogP contribution in [0.3, 0.4) is 0 Å². The average Bonchev–Trinajstić information content (AvgIpc) is 3.64. The van der Waals surface area contributed by atoms with Gasteiger partial charge < -0.3 is 14.6 Å². The Kier molecular flexibility index (Phi) is 6.28. The molecule has 2 heterocycles. The Labute approximate surface area is 220 Å². The Bertz CT molecular complexity index is 1330. The minimum Gasteiger partial charge on any atom is -0.444 e. The van der Waals surface area contributed by atoms with Crippen LogP contribution >= 0.6 is 0 Å². The van der Waals surface area contributed by atoms with Gasteiger partial charge in [-0.3, -0.25) is 9.59 Å². The summed E-state index contributed by atoms with van der Waals surface area (Å²) in [6.07, 6.45) is 5.56. The van der Waals surface area contributed by atoms with Gasteiger partial charge >= 0.3 is 0 Å². The summed E-state index contributed by atoms with van der Waals surface area (Å²) >= 11 is 0. The zero-order valence-electron chi connectivity index (χ0n) is 21.2. The van der Waals surface area contributed by atoms with Gasteiger partial charge in [0, 0.05) is 49.5 Å². The zero-order valence-corrected chi connectivity index (χ0v) is 21.2. The third kappa shape index (κ3) is 4.72. The molecular weight excluding hydrogens is 488 g/mol. The highest BCUT2D eigenvalue weighted by atomic mass is 19.3. The lowest BCUT2D eigenvalue weighted by atomic mass is 9.73. The second-order valence-corrected chi connectivity index (χ2v) is 11.1. The Balaban J connectivity index is 1.12. The van der Waals surface area contributed by atoms with Gasteiger partial charge in [0.1, 0.15) is 0 Å². The van der Waals surface area contributed by atoms with E-state index in [1.165, 1.54) is 17.5 Å². The molecule has 38 heavy (non-hydrogen) atoms. The van der Waals surface area contributed by atoms with E-state index >= 15 is 0 Å². The molecule has 6 nitrogen and oxygen atoms in total. The second kappa shape index (κ2) is 9.64. The SMILES string of the molecule is O=C(CC1CC2(CCN(C(=O)C3CCC(F)(F)C3)CC2)c2ccccc21)Nc1cccc(-c2cnco2)c1. The number of aromatic nitrogens is 1. The predicted octanol–water partition coefficient (Wildman–Crippen LogP) is 6.15. The van der Waals surface area contributed by atoms with Crippen molar-refractivity contribution in [2.45, 2.75) is 62.2 Å². The number of carbonyl (C=O) groups is 2. The first-order valence-electron chi connectivity index (χ1n) is 13.4. The number of alkyl halides is 2. The minimum absolute atomic E-state index is 0.0497. The third-order valence-corrected chi connectivity index (χ3v) is 8.69. The van der Waals surface area contributed by atoms with Crippen molar-refractivity contribution in [3.05, 3.63) is 72.2 Å². The Hall–Kier alpha value is -3.55. The van der Waals surface area contributed by atoms with Gasteiger partial charge in [0.05, 0.1) is 6.20 Å². The highest BCUT2D eigenvalue weighted by Crippen LogP contribution is 2.53. The summed E-state index contributed by atoms with van der Waals surface area (Å²) in [6, 6.07) is 15.8. The van der Waals surface area contributed by atoms with E-state index in [1.54, 1.807) is 11.1 Å². The molecule has 1 saturated heterocycles. The standard InChI is InChI=1S/C30H31F2N3O3/c31-30(32)9-8-21(17-30)28(37)35-12-10-29(11-13-35)16-22(24-6-1-2-7-25(24)29)15-27(36)34-23-5-3-4-20(14-23)26-18-33-19-38-26/h1-7,14,18-19,21-22H,8-13,15-17H2,(H,34,36). The van der Waals surface area contributed by atoms with Crippen LogP contribution in [0, 0.1) is 5.92 Å². The van der Waals surface area contributed by atoms with E-state index in [2.05, 4.69) is 22.4 Å². The van der Waals surface area contributed by atoms with Crippen LogP contribution in [0.15, 0.2) is 65.5 Å². The maximum atomic E-state index is 13.7. The molecule has 2 aliphatic carbocycles. The van der Waals surface area contributed by atoms with Crippen molar-refractivity contribution in [3.8, 4) is 11.3 Å². The Morgan fingerprint density at radius 1 is 1.05 bits per heavy atom.